The van der Waals surface area contributed by atoms with Gasteiger partial charge in [-0.05, 0) is 30.0 Å². The number of benzene rings is 2. The minimum absolute atomic E-state index is 0.0253. The van der Waals surface area contributed by atoms with Gasteiger partial charge in [0.1, 0.15) is 5.75 Å². The zero-order chi connectivity index (χ0) is 19.6. The van der Waals surface area contributed by atoms with E-state index in [4.69, 9.17) is 9.47 Å². The molecule has 0 heterocycles. The predicted molar refractivity (Wildman–Crippen MR) is 105 cm³/mol. The number of hydrogen-bond acceptors (Lipinski definition) is 4. The Hall–Kier alpha value is -2.82. The number of rotatable bonds is 9. The number of para-hydroxylation sites is 1. The normalized spacial score (nSPS) is 11.7. The van der Waals surface area contributed by atoms with E-state index < -0.39 is 5.97 Å². The van der Waals surface area contributed by atoms with E-state index in [2.05, 4.69) is 5.32 Å². The zero-order valence-corrected chi connectivity index (χ0v) is 16.1. The lowest BCUT2D eigenvalue weighted by Crippen LogP contribution is -2.39. The van der Waals surface area contributed by atoms with Gasteiger partial charge in [-0.1, -0.05) is 62.4 Å². The third-order valence-electron chi connectivity index (χ3n) is 4.31. The number of esters is 1. The molecule has 5 heteroatoms. The van der Waals surface area contributed by atoms with Crippen LogP contribution in [0.25, 0.3) is 0 Å². The lowest BCUT2D eigenvalue weighted by Gasteiger charge is -2.17. The number of ether oxygens (including phenoxy) is 2. The first-order valence-corrected chi connectivity index (χ1v) is 9.15. The van der Waals surface area contributed by atoms with Gasteiger partial charge in [0.25, 0.3) is 5.91 Å². The van der Waals surface area contributed by atoms with Crippen LogP contribution in [0.5, 0.6) is 5.75 Å². The summed E-state index contributed by atoms with van der Waals surface area (Å²) in [5.74, 6) is 0.0659. The highest BCUT2D eigenvalue weighted by Gasteiger charge is 2.13. The summed E-state index contributed by atoms with van der Waals surface area (Å²) in [5, 5.41) is 2.79. The van der Waals surface area contributed by atoms with Crippen LogP contribution in [0.2, 0.25) is 0 Å². The monoisotopic (exact) mass is 369 g/mol. The van der Waals surface area contributed by atoms with Crippen molar-refractivity contribution in [3.05, 3.63) is 65.7 Å². The molecule has 0 radical (unpaired) electrons. The standard InChI is InChI=1S/C22H27NO4/c1-16(2)17(3)23-21(24)14-27-22(25)15-26-20-12-8-7-11-19(20)13-18-9-5-4-6-10-18/h4-12,16-17H,13-15H2,1-3H3,(H,23,24)/t17-/m0/s1. The highest BCUT2D eigenvalue weighted by molar-refractivity contribution is 5.81. The number of carbonyl (C=O) groups excluding carboxylic acids is 2. The molecule has 0 aliphatic carbocycles. The van der Waals surface area contributed by atoms with Crippen LogP contribution >= 0.6 is 0 Å². The average Bonchev–Trinajstić information content (AvgIpc) is 2.66. The van der Waals surface area contributed by atoms with Gasteiger partial charge in [0.15, 0.2) is 13.2 Å². The van der Waals surface area contributed by atoms with Crippen molar-refractivity contribution in [2.45, 2.75) is 33.2 Å². The summed E-state index contributed by atoms with van der Waals surface area (Å²) < 4.78 is 10.6. The highest BCUT2D eigenvalue weighted by Crippen LogP contribution is 2.21. The molecule has 144 valence electrons. The van der Waals surface area contributed by atoms with Crippen LogP contribution in [0.15, 0.2) is 54.6 Å². The summed E-state index contributed by atoms with van der Waals surface area (Å²) in [4.78, 5) is 23.6. The second kappa shape index (κ2) is 10.4. The fourth-order valence-corrected chi connectivity index (χ4v) is 2.39. The zero-order valence-electron chi connectivity index (χ0n) is 16.1. The van der Waals surface area contributed by atoms with Crippen molar-refractivity contribution < 1.29 is 19.1 Å². The molecule has 0 saturated heterocycles. The molecule has 2 aromatic carbocycles. The maximum absolute atomic E-state index is 11.9. The van der Waals surface area contributed by atoms with Crippen LogP contribution in [0, 0.1) is 5.92 Å². The van der Waals surface area contributed by atoms with E-state index >= 15 is 0 Å². The number of nitrogens with one attached hydrogen (secondary N) is 1. The molecule has 0 fully saturated rings. The van der Waals surface area contributed by atoms with Gasteiger partial charge in [-0.3, -0.25) is 4.79 Å². The van der Waals surface area contributed by atoms with Crippen molar-refractivity contribution in [2.75, 3.05) is 13.2 Å². The third kappa shape index (κ3) is 7.13. The summed E-state index contributed by atoms with van der Waals surface area (Å²) in [6.07, 6.45) is 0.710. The van der Waals surface area contributed by atoms with Crippen molar-refractivity contribution in [2.24, 2.45) is 5.92 Å². The molecule has 5 nitrogen and oxygen atoms in total. The van der Waals surface area contributed by atoms with Crippen LogP contribution < -0.4 is 10.1 Å². The van der Waals surface area contributed by atoms with Crippen molar-refractivity contribution in [3.63, 3.8) is 0 Å². The van der Waals surface area contributed by atoms with Crippen molar-refractivity contribution in [1.82, 2.24) is 5.32 Å². The van der Waals surface area contributed by atoms with Crippen LogP contribution in [0.1, 0.15) is 31.9 Å². The Balaban J connectivity index is 1.82. The van der Waals surface area contributed by atoms with E-state index in [1.807, 2.05) is 75.4 Å². The first kappa shape index (κ1) is 20.5. The molecule has 0 bridgehead atoms. The minimum Gasteiger partial charge on any atom is -0.482 e. The quantitative estimate of drug-likeness (QED) is 0.689. The van der Waals surface area contributed by atoms with Crippen molar-refractivity contribution in [1.29, 1.82) is 0 Å². The van der Waals surface area contributed by atoms with Crippen LogP contribution in [-0.4, -0.2) is 31.1 Å². The summed E-state index contributed by atoms with van der Waals surface area (Å²) in [7, 11) is 0. The molecule has 0 unspecified atom stereocenters. The maximum atomic E-state index is 11.9. The van der Waals surface area contributed by atoms with Gasteiger partial charge >= 0.3 is 5.97 Å². The van der Waals surface area contributed by atoms with Crippen molar-refractivity contribution in [3.8, 4) is 5.75 Å². The molecule has 1 atom stereocenters. The number of amides is 1. The van der Waals surface area contributed by atoms with Gasteiger partial charge in [-0.2, -0.15) is 0 Å². The van der Waals surface area contributed by atoms with Gasteiger partial charge in [0, 0.05) is 12.5 Å². The molecule has 2 rings (SSSR count). The fraction of sp³-hybridized carbons (Fsp3) is 0.364. The Morgan fingerprint density at radius 2 is 1.59 bits per heavy atom. The number of carbonyl (C=O) groups is 2. The van der Waals surface area contributed by atoms with E-state index in [1.54, 1.807) is 0 Å². The lowest BCUT2D eigenvalue weighted by molar-refractivity contribution is -0.150. The van der Waals surface area contributed by atoms with Crippen LogP contribution in [0.3, 0.4) is 0 Å². The fourth-order valence-electron chi connectivity index (χ4n) is 2.39. The molecule has 0 aliphatic rings. The largest absolute Gasteiger partial charge is 0.482 e. The maximum Gasteiger partial charge on any atom is 0.344 e. The molecular formula is C22H27NO4. The van der Waals surface area contributed by atoms with E-state index in [9.17, 15) is 9.59 Å². The summed E-state index contributed by atoms with van der Waals surface area (Å²) in [6.45, 7) is 5.40. The first-order chi connectivity index (χ1) is 13.0. The average molecular weight is 369 g/mol. The topological polar surface area (TPSA) is 64.6 Å². The third-order valence-corrected chi connectivity index (χ3v) is 4.31. The second-order valence-corrected chi connectivity index (χ2v) is 6.82. The molecule has 0 saturated carbocycles. The first-order valence-electron chi connectivity index (χ1n) is 9.15. The summed E-state index contributed by atoms with van der Waals surface area (Å²) in [5.41, 5.74) is 2.15. The molecule has 2 aromatic rings. The van der Waals surface area contributed by atoms with Gasteiger partial charge in [-0.15, -0.1) is 0 Å². The Labute approximate surface area is 160 Å². The van der Waals surface area contributed by atoms with E-state index in [-0.39, 0.29) is 25.2 Å². The van der Waals surface area contributed by atoms with Gasteiger partial charge in [0.2, 0.25) is 0 Å². The lowest BCUT2D eigenvalue weighted by atomic mass is 10.0. The highest BCUT2D eigenvalue weighted by atomic mass is 16.6. The second-order valence-electron chi connectivity index (χ2n) is 6.82. The minimum atomic E-state index is -0.572. The summed E-state index contributed by atoms with van der Waals surface area (Å²) >= 11 is 0. The molecule has 1 N–H and O–H groups in total. The molecule has 0 spiro atoms. The molecular weight excluding hydrogens is 342 g/mol. The molecule has 0 aliphatic heterocycles. The Morgan fingerprint density at radius 1 is 0.926 bits per heavy atom. The Kier molecular flexibility index (Phi) is 7.86. The van der Waals surface area contributed by atoms with Gasteiger partial charge < -0.3 is 14.8 Å². The molecule has 1 amide bonds. The van der Waals surface area contributed by atoms with E-state index in [1.165, 1.54) is 0 Å². The predicted octanol–water partition coefficient (Wildman–Crippen LogP) is 3.36. The SMILES string of the molecule is CC(C)[C@H](C)NC(=O)COC(=O)COc1ccccc1Cc1ccccc1. The van der Waals surface area contributed by atoms with Crippen LogP contribution in [0.4, 0.5) is 0 Å². The van der Waals surface area contributed by atoms with E-state index in [0.717, 1.165) is 11.1 Å². The van der Waals surface area contributed by atoms with Crippen LogP contribution in [-0.2, 0) is 20.7 Å². The number of hydrogen-bond donors (Lipinski definition) is 1. The Bertz CT molecular complexity index is 743. The van der Waals surface area contributed by atoms with Crippen molar-refractivity contribution >= 4 is 11.9 Å². The van der Waals surface area contributed by atoms with E-state index in [0.29, 0.717) is 18.1 Å². The summed E-state index contributed by atoms with van der Waals surface area (Å²) in [6, 6.07) is 17.6. The molecule has 27 heavy (non-hydrogen) atoms. The van der Waals surface area contributed by atoms with Gasteiger partial charge in [0.05, 0.1) is 0 Å². The van der Waals surface area contributed by atoms with Gasteiger partial charge in [-0.25, -0.2) is 4.79 Å². The molecule has 0 aromatic heterocycles. The smallest absolute Gasteiger partial charge is 0.344 e. The Morgan fingerprint density at radius 3 is 2.30 bits per heavy atom.